The number of carbonyl (C=O) groups excluding carboxylic acids is 2. The standard InChI is InChI=1S/C21H17Cl2FN4O2S2/c22-16-6-1-12(7-17(16)23)10-31-11-18(29)25-21-27-26-20(32-21)13-8-19(30)28(9-13)15-4-2-14(24)3-5-15/h1-7,13H,8-11H2,(H,25,27,29). The highest BCUT2D eigenvalue weighted by atomic mass is 35.5. The number of nitrogens with zero attached hydrogens (tertiary/aromatic N) is 3. The topological polar surface area (TPSA) is 75.2 Å². The van der Waals surface area contributed by atoms with Crippen molar-refractivity contribution in [2.45, 2.75) is 18.1 Å². The molecule has 11 heteroatoms. The van der Waals surface area contributed by atoms with E-state index < -0.39 is 0 Å². The largest absolute Gasteiger partial charge is 0.312 e. The molecule has 1 aliphatic rings. The third-order valence-corrected chi connectivity index (χ3v) is 7.53. The van der Waals surface area contributed by atoms with Crippen LogP contribution in [-0.2, 0) is 15.3 Å². The molecule has 2 aromatic carbocycles. The van der Waals surface area contributed by atoms with Crippen LogP contribution in [-0.4, -0.2) is 34.3 Å². The van der Waals surface area contributed by atoms with Crippen molar-refractivity contribution in [1.82, 2.24) is 10.2 Å². The van der Waals surface area contributed by atoms with Crippen LogP contribution in [0.2, 0.25) is 10.0 Å². The van der Waals surface area contributed by atoms with Gasteiger partial charge in [-0.05, 0) is 42.0 Å². The first kappa shape index (κ1) is 23.0. The Morgan fingerprint density at radius 1 is 1.19 bits per heavy atom. The Morgan fingerprint density at radius 2 is 1.97 bits per heavy atom. The SMILES string of the molecule is O=C(CSCc1ccc(Cl)c(Cl)c1)Nc1nnc(C2CC(=O)N(c3ccc(F)cc3)C2)s1. The maximum Gasteiger partial charge on any atom is 0.236 e. The predicted octanol–water partition coefficient (Wildman–Crippen LogP) is 5.38. The fourth-order valence-corrected chi connectivity index (χ4v) is 5.19. The van der Waals surface area contributed by atoms with Gasteiger partial charge < -0.3 is 4.90 Å². The lowest BCUT2D eigenvalue weighted by molar-refractivity contribution is -0.117. The highest BCUT2D eigenvalue weighted by Crippen LogP contribution is 2.34. The summed E-state index contributed by atoms with van der Waals surface area (Å²) in [6.45, 7) is 0.437. The molecule has 0 radical (unpaired) electrons. The Kier molecular flexibility index (Phi) is 7.30. The lowest BCUT2D eigenvalue weighted by Gasteiger charge is -2.16. The van der Waals surface area contributed by atoms with Crippen LogP contribution in [0, 0.1) is 5.82 Å². The zero-order valence-corrected chi connectivity index (χ0v) is 19.7. The third kappa shape index (κ3) is 5.58. The molecule has 1 aliphatic heterocycles. The number of rotatable bonds is 7. The minimum atomic E-state index is -0.350. The molecule has 1 N–H and O–H groups in total. The van der Waals surface area contributed by atoms with Crippen LogP contribution >= 0.6 is 46.3 Å². The number of anilines is 2. The Morgan fingerprint density at radius 3 is 2.72 bits per heavy atom. The second kappa shape index (κ2) is 10.2. The van der Waals surface area contributed by atoms with E-state index >= 15 is 0 Å². The summed E-state index contributed by atoms with van der Waals surface area (Å²) in [5.74, 6) is 0.149. The van der Waals surface area contributed by atoms with Gasteiger partial charge in [0.1, 0.15) is 10.8 Å². The van der Waals surface area contributed by atoms with E-state index in [9.17, 15) is 14.0 Å². The summed E-state index contributed by atoms with van der Waals surface area (Å²) in [5, 5.41) is 13.0. The molecule has 1 unspecified atom stereocenters. The van der Waals surface area contributed by atoms with Crippen molar-refractivity contribution in [1.29, 1.82) is 0 Å². The molecule has 1 saturated heterocycles. The predicted molar refractivity (Wildman–Crippen MR) is 127 cm³/mol. The number of aromatic nitrogens is 2. The highest BCUT2D eigenvalue weighted by molar-refractivity contribution is 7.99. The van der Waals surface area contributed by atoms with Crippen molar-refractivity contribution >= 4 is 68.9 Å². The van der Waals surface area contributed by atoms with Gasteiger partial charge in [0.15, 0.2) is 0 Å². The monoisotopic (exact) mass is 510 g/mol. The minimum Gasteiger partial charge on any atom is -0.312 e. The molecule has 4 rings (SSSR count). The number of thioether (sulfide) groups is 1. The van der Waals surface area contributed by atoms with Crippen LogP contribution < -0.4 is 10.2 Å². The molecule has 32 heavy (non-hydrogen) atoms. The van der Waals surface area contributed by atoms with Gasteiger partial charge in [0, 0.05) is 30.3 Å². The van der Waals surface area contributed by atoms with E-state index in [4.69, 9.17) is 23.2 Å². The number of carbonyl (C=O) groups is 2. The quantitative estimate of drug-likeness (QED) is 0.461. The lowest BCUT2D eigenvalue weighted by atomic mass is 10.1. The number of benzene rings is 2. The normalized spacial score (nSPS) is 15.9. The molecular formula is C21H17Cl2FN4O2S2. The van der Waals surface area contributed by atoms with Gasteiger partial charge in [0.25, 0.3) is 0 Å². The second-order valence-electron chi connectivity index (χ2n) is 7.12. The summed E-state index contributed by atoms with van der Waals surface area (Å²) in [6, 6.07) is 11.2. The van der Waals surface area contributed by atoms with Crippen molar-refractivity contribution in [3.05, 3.63) is 68.9 Å². The van der Waals surface area contributed by atoms with E-state index in [1.165, 1.54) is 35.2 Å². The summed E-state index contributed by atoms with van der Waals surface area (Å²) < 4.78 is 13.1. The summed E-state index contributed by atoms with van der Waals surface area (Å²) in [5.41, 5.74) is 1.63. The molecule has 1 aromatic heterocycles. The molecule has 2 amide bonds. The van der Waals surface area contributed by atoms with Crippen molar-refractivity contribution in [2.24, 2.45) is 0 Å². The van der Waals surface area contributed by atoms with E-state index in [0.717, 1.165) is 5.56 Å². The molecule has 0 bridgehead atoms. The van der Waals surface area contributed by atoms with E-state index in [0.29, 0.717) is 44.6 Å². The van der Waals surface area contributed by atoms with E-state index in [2.05, 4.69) is 15.5 Å². The van der Waals surface area contributed by atoms with Crippen molar-refractivity contribution in [3.8, 4) is 0 Å². The summed E-state index contributed by atoms with van der Waals surface area (Å²) in [4.78, 5) is 26.3. The molecule has 0 spiro atoms. The van der Waals surface area contributed by atoms with Crippen molar-refractivity contribution in [3.63, 3.8) is 0 Å². The first-order chi connectivity index (χ1) is 15.4. The van der Waals surface area contributed by atoms with Gasteiger partial charge in [-0.3, -0.25) is 14.9 Å². The van der Waals surface area contributed by atoms with Crippen LogP contribution in [0.15, 0.2) is 42.5 Å². The highest BCUT2D eigenvalue weighted by Gasteiger charge is 2.34. The fourth-order valence-electron chi connectivity index (χ4n) is 3.24. The second-order valence-corrected chi connectivity index (χ2v) is 9.93. The number of halogens is 3. The van der Waals surface area contributed by atoms with Gasteiger partial charge in [-0.1, -0.05) is 40.6 Å². The van der Waals surface area contributed by atoms with Crippen LogP contribution in [0.3, 0.4) is 0 Å². The number of amides is 2. The molecule has 1 fully saturated rings. The van der Waals surface area contributed by atoms with Crippen LogP contribution in [0.25, 0.3) is 0 Å². The fraction of sp³-hybridized carbons (Fsp3) is 0.238. The van der Waals surface area contributed by atoms with Gasteiger partial charge in [0.2, 0.25) is 16.9 Å². The maximum atomic E-state index is 13.1. The third-order valence-electron chi connectivity index (χ3n) is 4.79. The zero-order valence-electron chi connectivity index (χ0n) is 16.6. The lowest BCUT2D eigenvalue weighted by Crippen LogP contribution is -2.24. The number of nitrogens with one attached hydrogen (secondary N) is 1. The summed E-state index contributed by atoms with van der Waals surface area (Å²) in [7, 11) is 0. The van der Waals surface area contributed by atoms with Crippen LogP contribution in [0.5, 0.6) is 0 Å². The number of hydrogen-bond acceptors (Lipinski definition) is 6. The smallest absolute Gasteiger partial charge is 0.236 e. The zero-order chi connectivity index (χ0) is 22.7. The Hall–Kier alpha value is -2.20. The van der Waals surface area contributed by atoms with Crippen molar-refractivity contribution < 1.29 is 14.0 Å². The van der Waals surface area contributed by atoms with E-state index in [1.54, 1.807) is 29.2 Å². The molecule has 166 valence electrons. The van der Waals surface area contributed by atoms with Gasteiger partial charge >= 0.3 is 0 Å². The molecule has 3 aromatic rings. The molecule has 2 heterocycles. The molecule has 0 aliphatic carbocycles. The maximum absolute atomic E-state index is 13.1. The van der Waals surface area contributed by atoms with Gasteiger partial charge in [0.05, 0.1) is 15.8 Å². The van der Waals surface area contributed by atoms with Crippen LogP contribution in [0.4, 0.5) is 15.2 Å². The summed E-state index contributed by atoms with van der Waals surface area (Å²) >= 11 is 14.6. The van der Waals surface area contributed by atoms with E-state index in [1.807, 2.05) is 6.07 Å². The first-order valence-corrected chi connectivity index (χ1v) is 12.3. The molecule has 1 atom stereocenters. The number of hydrogen-bond donors (Lipinski definition) is 1. The Balaban J connectivity index is 1.29. The minimum absolute atomic E-state index is 0.0545. The van der Waals surface area contributed by atoms with Gasteiger partial charge in [-0.2, -0.15) is 0 Å². The van der Waals surface area contributed by atoms with E-state index in [-0.39, 0.29) is 29.3 Å². The average Bonchev–Trinajstić information content (AvgIpc) is 3.38. The molecular weight excluding hydrogens is 494 g/mol. The molecule has 0 saturated carbocycles. The van der Waals surface area contributed by atoms with Crippen LogP contribution in [0.1, 0.15) is 22.9 Å². The molecule has 6 nitrogen and oxygen atoms in total. The first-order valence-electron chi connectivity index (χ1n) is 9.60. The van der Waals surface area contributed by atoms with Gasteiger partial charge in [-0.15, -0.1) is 22.0 Å². The Labute approximate surface area is 202 Å². The van der Waals surface area contributed by atoms with Gasteiger partial charge in [-0.25, -0.2) is 4.39 Å². The summed E-state index contributed by atoms with van der Waals surface area (Å²) in [6.07, 6.45) is 0.291. The van der Waals surface area contributed by atoms with Crippen molar-refractivity contribution in [2.75, 3.05) is 22.5 Å². The Bertz CT molecular complexity index is 1140. The average molecular weight is 511 g/mol.